The molecule has 3 fully saturated rings. The molecule has 1 amide bonds. The molecule has 2 bridgehead atoms. The summed E-state index contributed by atoms with van der Waals surface area (Å²) in [5.41, 5.74) is -1.27. The van der Waals surface area contributed by atoms with E-state index in [2.05, 4.69) is 10.3 Å². The molecule has 2 heterocycles. The van der Waals surface area contributed by atoms with Crippen molar-refractivity contribution in [1.82, 2.24) is 10.3 Å². The third-order valence-electron chi connectivity index (χ3n) is 6.73. The summed E-state index contributed by atoms with van der Waals surface area (Å²) in [4.78, 5) is 40.8. The number of hydrogen-bond donors (Lipinski definition) is 1. The lowest BCUT2D eigenvalue weighted by atomic mass is 9.38. The average Bonchev–Trinajstić information content (AvgIpc) is 2.75. The van der Waals surface area contributed by atoms with Crippen molar-refractivity contribution in [2.24, 2.45) is 5.41 Å². The molecular formula is C24H20ClF3N2O5. The number of fused-ring (bicyclic) bond motifs is 1. The number of carbonyl (C=O) groups is 3. The molecule has 0 unspecified atom stereocenters. The molecule has 1 aliphatic heterocycles. The number of halogens is 4. The number of rotatable bonds is 7. The molecule has 1 atom stereocenters. The number of ketones is 2. The van der Waals surface area contributed by atoms with Crippen molar-refractivity contribution >= 4 is 29.1 Å². The molecule has 11 heteroatoms. The molecule has 1 aromatic heterocycles. The zero-order valence-electron chi connectivity index (χ0n) is 18.3. The van der Waals surface area contributed by atoms with Gasteiger partial charge in [0.15, 0.2) is 24.3 Å². The first-order chi connectivity index (χ1) is 16.5. The van der Waals surface area contributed by atoms with Crippen LogP contribution in [0, 0.1) is 5.41 Å². The molecule has 0 saturated heterocycles. The third-order valence-corrected chi connectivity index (χ3v) is 6.97. The third kappa shape index (κ3) is 4.59. The second-order valence-corrected chi connectivity index (χ2v) is 9.98. The van der Waals surface area contributed by atoms with Crippen LogP contribution in [0.2, 0.25) is 5.02 Å². The van der Waals surface area contributed by atoms with E-state index < -0.39 is 29.4 Å². The lowest BCUT2D eigenvalue weighted by Crippen LogP contribution is -2.75. The molecule has 7 nitrogen and oxygen atoms in total. The number of hydrogen-bond acceptors (Lipinski definition) is 6. The van der Waals surface area contributed by atoms with E-state index in [0.717, 1.165) is 18.3 Å². The Morgan fingerprint density at radius 1 is 1.20 bits per heavy atom. The molecule has 4 aliphatic rings. The Balaban J connectivity index is 1.08. The summed E-state index contributed by atoms with van der Waals surface area (Å²) in [6.45, 7) is -0.359. The standard InChI is InChI=1S/C24H20ClF3N2O5/c25-13-1-3-18-15(5-13)16(31)6-19(35-18)17(32)7-22-10-23(11-22,12-22)30-21(33)9-34-14-2-4-20(29-8-14)24(26,27)28/h1-5,8,19H,6-7,9-12H2,(H,30,33)/t19-,22?,23?/m1/s1. The maximum Gasteiger partial charge on any atom is 0.433 e. The van der Waals surface area contributed by atoms with Crippen molar-refractivity contribution in [3.05, 3.63) is 52.8 Å². The number of aromatic nitrogens is 1. The highest BCUT2D eigenvalue weighted by molar-refractivity contribution is 6.31. The van der Waals surface area contributed by atoms with Crippen LogP contribution in [0.3, 0.4) is 0 Å². The first-order valence-corrected chi connectivity index (χ1v) is 11.3. The van der Waals surface area contributed by atoms with Gasteiger partial charge >= 0.3 is 6.18 Å². The molecule has 184 valence electrons. The van der Waals surface area contributed by atoms with Gasteiger partial charge in [-0.05, 0) is 55.0 Å². The van der Waals surface area contributed by atoms with Crippen LogP contribution in [0.15, 0.2) is 36.5 Å². The fraction of sp³-hybridized carbons (Fsp3) is 0.417. The number of nitrogens with one attached hydrogen (secondary N) is 1. The van der Waals surface area contributed by atoms with Crippen LogP contribution in [-0.4, -0.2) is 40.7 Å². The second kappa shape index (κ2) is 8.22. The molecule has 3 aliphatic carbocycles. The van der Waals surface area contributed by atoms with Gasteiger partial charge in [-0.15, -0.1) is 0 Å². The Bertz CT molecular complexity index is 1190. The summed E-state index contributed by atoms with van der Waals surface area (Å²) < 4.78 is 48.7. The van der Waals surface area contributed by atoms with Crippen LogP contribution in [-0.2, 0) is 15.8 Å². The summed E-state index contributed by atoms with van der Waals surface area (Å²) in [7, 11) is 0. The van der Waals surface area contributed by atoms with Gasteiger partial charge in [-0.3, -0.25) is 14.4 Å². The number of ether oxygens (including phenoxy) is 2. The van der Waals surface area contributed by atoms with Gasteiger partial charge < -0.3 is 14.8 Å². The Labute approximate surface area is 202 Å². The van der Waals surface area contributed by atoms with Crippen LogP contribution < -0.4 is 14.8 Å². The monoisotopic (exact) mass is 508 g/mol. The van der Waals surface area contributed by atoms with Crippen molar-refractivity contribution in [2.45, 2.75) is 49.9 Å². The van der Waals surface area contributed by atoms with Crippen molar-refractivity contribution in [2.75, 3.05) is 6.61 Å². The molecule has 1 N–H and O–H groups in total. The van der Waals surface area contributed by atoms with Crippen molar-refractivity contribution in [3.8, 4) is 11.5 Å². The molecule has 35 heavy (non-hydrogen) atoms. The predicted octanol–water partition coefficient (Wildman–Crippen LogP) is 4.16. The fourth-order valence-electron chi connectivity index (χ4n) is 5.39. The Hall–Kier alpha value is -3.14. The van der Waals surface area contributed by atoms with Crippen LogP contribution in [0.25, 0.3) is 0 Å². The SMILES string of the molecule is O=C(COc1ccc(C(F)(F)F)nc1)NC12CC(CC(=O)[C@H]3CC(=O)c4cc(Cl)ccc4O3)(C1)C2. The molecule has 3 saturated carbocycles. The van der Waals surface area contributed by atoms with Gasteiger partial charge in [0.1, 0.15) is 17.2 Å². The number of benzene rings is 1. The number of alkyl halides is 3. The lowest BCUT2D eigenvalue weighted by Gasteiger charge is -2.70. The summed E-state index contributed by atoms with van der Waals surface area (Å²) in [5.74, 6) is -0.318. The summed E-state index contributed by atoms with van der Waals surface area (Å²) >= 11 is 5.93. The lowest BCUT2D eigenvalue weighted by molar-refractivity contribution is -0.175. The van der Waals surface area contributed by atoms with Gasteiger partial charge in [-0.25, -0.2) is 4.98 Å². The molecule has 0 radical (unpaired) electrons. The van der Waals surface area contributed by atoms with E-state index in [1.54, 1.807) is 12.1 Å². The van der Waals surface area contributed by atoms with Gasteiger partial charge in [0.25, 0.3) is 5.91 Å². The minimum absolute atomic E-state index is 0.0275. The van der Waals surface area contributed by atoms with Gasteiger partial charge in [-0.1, -0.05) is 11.6 Å². The van der Waals surface area contributed by atoms with Crippen LogP contribution >= 0.6 is 11.6 Å². The van der Waals surface area contributed by atoms with E-state index in [9.17, 15) is 27.6 Å². The second-order valence-electron chi connectivity index (χ2n) is 9.54. The molecule has 1 aromatic carbocycles. The average molecular weight is 509 g/mol. The van der Waals surface area contributed by atoms with Gasteiger partial charge in [0, 0.05) is 17.0 Å². The van der Waals surface area contributed by atoms with Crippen LogP contribution in [0.1, 0.15) is 48.2 Å². The summed E-state index contributed by atoms with van der Waals surface area (Å²) in [6.07, 6.45) is -2.33. The minimum atomic E-state index is -4.55. The minimum Gasteiger partial charge on any atom is -0.482 e. The van der Waals surface area contributed by atoms with Crippen LogP contribution in [0.5, 0.6) is 11.5 Å². The van der Waals surface area contributed by atoms with Crippen LogP contribution in [0.4, 0.5) is 13.2 Å². The molecule has 6 rings (SSSR count). The van der Waals surface area contributed by atoms with Gasteiger partial charge in [-0.2, -0.15) is 13.2 Å². The summed E-state index contributed by atoms with van der Waals surface area (Å²) in [5, 5.41) is 3.32. The zero-order valence-corrected chi connectivity index (χ0v) is 19.0. The highest BCUT2D eigenvalue weighted by Crippen LogP contribution is 2.69. The number of Topliss-reactive ketones (excluding diaryl/α,β-unsaturated/α-hetero) is 2. The fourth-order valence-corrected chi connectivity index (χ4v) is 5.56. The smallest absolute Gasteiger partial charge is 0.433 e. The maximum absolute atomic E-state index is 12.8. The highest BCUT2D eigenvalue weighted by Gasteiger charge is 2.68. The largest absolute Gasteiger partial charge is 0.482 e. The summed E-state index contributed by atoms with van der Waals surface area (Å²) in [6, 6.07) is 6.61. The maximum atomic E-state index is 12.8. The molecule has 2 aromatic rings. The molecular weight excluding hydrogens is 489 g/mol. The number of carbonyl (C=O) groups excluding carboxylic acids is 3. The topological polar surface area (TPSA) is 94.6 Å². The van der Waals surface area contributed by atoms with E-state index in [1.165, 1.54) is 6.07 Å². The number of nitrogens with zero attached hydrogens (tertiary/aromatic N) is 1. The quantitative estimate of drug-likeness (QED) is 0.603. The van der Waals surface area contributed by atoms with Crippen molar-refractivity contribution in [1.29, 1.82) is 0 Å². The van der Waals surface area contributed by atoms with E-state index in [1.807, 2.05) is 0 Å². The Kier molecular flexibility index (Phi) is 5.54. The highest BCUT2D eigenvalue weighted by atomic mass is 35.5. The number of amides is 1. The first-order valence-electron chi connectivity index (χ1n) is 11.0. The zero-order chi connectivity index (χ0) is 25.0. The van der Waals surface area contributed by atoms with Crippen molar-refractivity contribution in [3.63, 3.8) is 0 Å². The molecule has 0 spiro atoms. The van der Waals surface area contributed by atoms with E-state index in [4.69, 9.17) is 21.1 Å². The van der Waals surface area contributed by atoms with E-state index in [-0.39, 0.29) is 42.2 Å². The van der Waals surface area contributed by atoms with Gasteiger partial charge in [0.05, 0.1) is 18.2 Å². The predicted molar refractivity (Wildman–Crippen MR) is 116 cm³/mol. The van der Waals surface area contributed by atoms with E-state index in [0.29, 0.717) is 35.6 Å². The Morgan fingerprint density at radius 3 is 2.60 bits per heavy atom. The normalized spacial score (nSPS) is 26.5. The van der Waals surface area contributed by atoms with Gasteiger partial charge in [0.2, 0.25) is 0 Å². The van der Waals surface area contributed by atoms with E-state index >= 15 is 0 Å². The number of pyridine rings is 1. The first kappa shape index (κ1) is 23.6. The van der Waals surface area contributed by atoms with Crippen molar-refractivity contribution < 1.29 is 37.0 Å². The Morgan fingerprint density at radius 2 is 1.94 bits per heavy atom.